The SMILES string of the molecule is CCOC(=O)C1CCN(C(=O)/C(C#N)=C\Nc2ccc(C(=O)O)cc2)CC1. The van der Waals surface area contributed by atoms with E-state index >= 15 is 0 Å². The number of carbonyl (C=O) groups excluding carboxylic acids is 2. The monoisotopic (exact) mass is 371 g/mol. The van der Waals surface area contributed by atoms with Crippen molar-refractivity contribution in [3.63, 3.8) is 0 Å². The highest BCUT2D eigenvalue weighted by molar-refractivity contribution is 5.97. The van der Waals surface area contributed by atoms with Crippen LogP contribution in [0.25, 0.3) is 0 Å². The van der Waals surface area contributed by atoms with Crippen molar-refractivity contribution in [1.29, 1.82) is 5.26 Å². The number of piperidine rings is 1. The molecule has 0 radical (unpaired) electrons. The second-order valence-electron chi connectivity index (χ2n) is 6.02. The van der Waals surface area contributed by atoms with Gasteiger partial charge in [-0.05, 0) is 44.0 Å². The number of hydrogen-bond acceptors (Lipinski definition) is 6. The lowest BCUT2D eigenvalue weighted by molar-refractivity contribution is -0.150. The van der Waals surface area contributed by atoms with Crippen LogP contribution in [0.4, 0.5) is 5.69 Å². The molecule has 2 N–H and O–H groups in total. The predicted molar refractivity (Wildman–Crippen MR) is 96.7 cm³/mol. The normalized spacial score (nSPS) is 15.0. The number of ether oxygens (including phenoxy) is 1. The summed E-state index contributed by atoms with van der Waals surface area (Å²) in [4.78, 5) is 36.6. The molecule has 1 aromatic rings. The summed E-state index contributed by atoms with van der Waals surface area (Å²) in [7, 11) is 0. The molecular weight excluding hydrogens is 350 g/mol. The molecule has 1 aliphatic heterocycles. The summed E-state index contributed by atoms with van der Waals surface area (Å²) < 4.78 is 5.00. The molecule has 142 valence electrons. The van der Waals surface area contributed by atoms with Crippen molar-refractivity contribution in [1.82, 2.24) is 4.90 Å². The number of rotatable bonds is 6. The Morgan fingerprint density at radius 3 is 2.44 bits per heavy atom. The van der Waals surface area contributed by atoms with Crippen molar-refractivity contribution < 1.29 is 24.2 Å². The number of nitriles is 1. The average molecular weight is 371 g/mol. The lowest BCUT2D eigenvalue weighted by Crippen LogP contribution is -2.41. The summed E-state index contributed by atoms with van der Waals surface area (Å²) in [5.41, 5.74) is 0.638. The van der Waals surface area contributed by atoms with Crippen LogP contribution >= 0.6 is 0 Å². The van der Waals surface area contributed by atoms with Gasteiger partial charge in [-0.25, -0.2) is 4.79 Å². The minimum atomic E-state index is -1.03. The molecule has 0 aliphatic carbocycles. The molecule has 1 amide bonds. The molecule has 1 heterocycles. The fourth-order valence-electron chi connectivity index (χ4n) is 2.76. The fourth-order valence-corrected chi connectivity index (χ4v) is 2.76. The largest absolute Gasteiger partial charge is 0.478 e. The number of anilines is 1. The van der Waals surface area contributed by atoms with E-state index in [1.165, 1.54) is 18.3 Å². The van der Waals surface area contributed by atoms with Crippen molar-refractivity contribution in [3.8, 4) is 6.07 Å². The maximum Gasteiger partial charge on any atom is 0.335 e. The number of carboxylic acid groups (broad SMARTS) is 1. The van der Waals surface area contributed by atoms with Gasteiger partial charge in [0.1, 0.15) is 11.6 Å². The van der Waals surface area contributed by atoms with E-state index in [1.54, 1.807) is 24.0 Å². The highest BCUT2D eigenvalue weighted by atomic mass is 16.5. The Kier molecular flexibility index (Phi) is 6.94. The fraction of sp³-hybridized carbons (Fsp3) is 0.368. The number of carbonyl (C=O) groups is 3. The van der Waals surface area contributed by atoms with Crippen LogP contribution in [0.3, 0.4) is 0 Å². The molecule has 27 heavy (non-hydrogen) atoms. The number of likely N-dealkylation sites (tertiary alicyclic amines) is 1. The van der Waals surface area contributed by atoms with Crippen LogP contribution in [0.1, 0.15) is 30.1 Å². The summed E-state index contributed by atoms with van der Waals surface area (Å²) in [6, 6.07) is 7.81. The van der Waals surface area contributed by atoms with Gasteiger partial charge in [0, 0.05) is 25.0 Å². The van der Waals surface area contributed by atoms with Crippen LogP contribution in [0.5, 0.6) is 0 Å². The minimum Gasteiger partial charge on any atom is -0.478 e. The van der Waals surface area contributed by atoms with Crippen molar-refractivity contribution in [2.45, 2.75) is 19.8 Å². The molecule has 1 aliphatic rings. The van der Waals surface area contributed by atoms with Crippen molar-refractivity contribution in [2.24, 2.45) is 5.92 Å². The van der Waals surface area contributed by atoms with Crippen LogP contribution in [0, 0.1) is 17.2 Å². The maximum absolute atomic E-state index is 12.5. The molecule has 0 atom stereocenters. The Balaban J connectivity index is 1.95. The molecule has 1 fully saturated rings. The standard InChI is InChI=1S/C19H21N3O5/c1-2-27-19(26)14-7-9-22(10-8-14)17(23)15(11-20)12-21-16-5-3-13(4-6-16)18(24)25/h3-6,12,14,21H,2,7-10H2,1H3,(H,24,25)/b15-12-. The third-order valence-corrected chi connectivity index (χ3v) is 4.27. The van der Waals surface area contributed by atoms with E-state index in [0.29, 0.717) is 38.2 Å². The van der Waals surface area contributed by atoms with Crippen LogP contribution in [0.15, 0.2) is 36.0 Å². The Hall–Kier alpha value is -3.34. The van der Waals surface area contributed by atoms with Crippen molar-refractivity contribution in [3.05, 3.63) is 41.6 Å². The van der Waals surface area contributed by atoms with Crippen LogP contribution in [0.2, 0.25) is 0 Å². The molecule has 2 rings (SSSR count). The van der Waals surface area contributed by atoms with Crippen LogP contribution in [-0.2, 0) is 14.3 Å². The molecular formula is C19H21N3O5. The van der Waals surface area contributed by atoms with Gasteiger partial charge in [0.15, 0.2) is 0 Å². The summed E-state index contributed by atoms with van der Waals surface area (Å²) in [6.45, 7) is 2.85. The molecule has 1 aromatic carbocycles. The van der Waals surface area contributed by atoms with Gasteiger partial charge in [-0.2, -0.15) is 5.26 Å². The second-order valence-corrected chi connectivity index (χ2v) is 6.02. The Morgan fingerprint density at radius 1 is 1.30 bits per heavy atom. The smallest absolute Gasteiger partial charge is 0.335 e. The number of aromatic carboxylic acids is 1. The third-order valence-electron chi connectivity index (χ3n) is 4.27. The zero-order chi connectivity index (χ0) is 19.8. The summed E-state index contributed by atoms with van der Waals surface area (Å²) in [5.74, 6) is -1.90. The van der Waals surface area contributed by atoms with Gasteiger partial charge < -0.3 is 20.1 Å². The Morgan fingerprint density at radius 2 is 1.93 bits per heavy atom. The van der Waals surface area contributed by atoms with E-state index in [0.717, 1.165) is 0 Å². The van der Waals surface area contributed by atoms with Gasteiger partial charge in [-0.1, -0.05) is 0 Å². The zero-order valence-electron chi connectivity index (χ0n) is 15.0. The molecule has 8 heteroatoms. The first kappa shape index (κ1) is 20.0. The summed E-state index contributed by atoms with van der Waals surface area (Å²) in [5, 5.41) is 21.0. The van der Waals surface area contributed by atoms with Gasteiger partial charge >= 0.3 is 11.9 Å². The number of nitrogens with one attached hydrogen (secondary N) is 1. The van der Waals surface area contributed by atoms with Gasteiger partial charge in [-0.3, -0.25) is 9.59 Å². The molecule has 0 saturated carbocycles. The summed E-state index contributed by atoms with van der Waals surface area (Å²) >= 11 is 0. The molecule has 0 unspecified atom stereocenters. The van der Waals surface area contributed by atoms with Crippen molar-refractivity contribution >= 4 is 23.5 Å². The Bertz CT molecular complexity index is 772. The van der Waals surface area contributed by atoms with Gasteiger partial charge in [0.25, 0.3) is 5.91 Å². The topological polar surface area (TPSA) is 120 Å². The van der Waals surface area contributed by atoms with Gasteiger partial charge in [0.2, 0.25) is 0 Å². The van der Waals surface area contributed by atoms with E-state index in [1.807, 2.05) is 6.07 Å². The van der Waals surface area contributed by atoms with Crippen molar-refractivity contribution in [2.75, 3.05) is 25.0 Å². The minimum absolute atomic E-state index is 0.0631. The third kappa shape index (κ3) is 5.31. The average Bonchev–Trinajstić information content (AvgIpc) is 2.69. The first-order valence-electron chi connectivity index (χ1n) is 8.62. The van der Waals surface area contributed by atoms with Gasteiger partial charge in [-0.15, -0.1) is 0 Å². The number of hydrogen-bond donors (Lipinski definition) is 2. The second kappa shape index (κ2) is 9.38. The number of esters is 1. The number of benzene rings is 1. The van der Waals surface area contributed by atoms with E-state index in [2.05, 4.69) is 5.32 Å². The first-order valence-corrected chi connectivity index (χ1v) is 8.62. The van der Waals surface area contributed by atoms with Crippen LogP contribution in [-0.4, -0.2) is 47.5 Å². The zero-order valence-corrected chi connectivity index (χ0v) is 15.0. The van der Waals surface area contributed by atoms with E-state index in [9.17, 15) is 19.6 Å². The Labute approximate surface area is 157 Å². The van der Waals surface area contributed by atoms with Crippen LogP contribution < -0.4 is 5.32 Å². The van der Waals surface area contributed by atoms with E-state index < -0.39 is 11.9 Å². The van der Waals surface area contributed by atoms with Gasteiger partial charge in [0.05, 0.1) is 18.1 Å². The highest BCUT2D eigenvalue weighted by Crippen LogP contribution is 2.20. The molecule has 0 bridgehead atoms. The molecule has 0 spiro atoms. The summed E-state index contributed by atoms with van der Waals surface area (Å²) in [6.07, 6.45) is 2.32. The molecule has 0 aromatic heterocycles. The predicted octanol–water partition coefficient (Wildman–Crippen LogP) is 2.01. The number of amides is 1. The quantitative estimate of drug-likeness (QED) is 0.446. The lowest BCUT2D eigenvalue weighted by atomic mass is 9.96. The maximum atomic E-state index is 12.5. The lowest BCUT2D eigenvalue weighted by Gasteiger charge is -2.30. The molecule has 1 saturated heterocycles. The van der Waals surface area contributed by atoms with E-state index in [4.69, 9.17) is 9.84 Å². The first-order chi connectivity index (χ1) is 13.0. The number of nitrogens with zero attached hydrogens (tertiary/aromatic N) is 2. The van der Waals surface area contributed by atoms with E-state index in [-0.39, 0.29) is 23.0 Å². The number of carboxylic acids is 1. The highest BCUT2D eigenvalue weighted by Gasteiger charge is 2.29. The molecule has 8 nitrogen and oxygen atoms in total.